The number of amides is 1. The number of imidazole rings is 1. The predicted octanol–water partition coefficient (Wildman–Crippen LogP) is 3.91. The van der Waals surface area contributed by atoms with Crippen LogP contribution in [0.2, 0.25) is 0 Å². The summed E-state index contributed by atoms with van der Waals surface area (Å²) in [6.45, 7) is 4.03. The van der Waals surface area contributed by atoms with Gasteiger partial charge in [0.15, 0.2) is 11.5 Å². The van der Waals surface area contributed by atoms with Gasteiger partial charge in [-0.25, -0.2) is 4.98 Å². The molecule has 1 atom stereocenters. The molecule has 0 radical (unpaired) electrons. The number of hydrogen-bond donors (Lipinski definition) is 0. The van der Waals surface area contributed by atoms with E-state index < -0.39 is 0 Å². The van der Waals surface area contributed by atoms with Crippen molar-refractivity contribution >= 4 is 11.6 Å². The highest BCUT2D eigenvalue weighted by Gasteiger charge is 2.27. The van der Waals surface area contributed by atoms with Crippen LogP contribution in [0.5, 0.6) is 11.5 Å². The Kier molecular flexibility index (Phi) is 4.62. The van der Waals surface area contributed by atoms with Gasteiger partial charge < -0.3 is 18.8 Å². The van der Waals surface area contributed by atoms with Gasteiger partial charge in [-0.15, -0.1) is 0 Å². The van der Waals surface area contributed by atoms with Crippen molar-refractivity contribution in [2.75, 3.05) is 19.9 Å². The molecule has 29 heavy (non-hydrogen) atoms. The van der Waals surface area contributed by atoms with Gasteiger partial charge in [0.05, 0.1) is 5.69 Å². The number of pyridine rings is 1. The molecule has 0 saturated carbocycles. The largest absolute Gasteiger partial charge is 0.454 e. The first-order valence-corrected chi connectivity index (χ1v) is 10.3. The van der Waals surface area contributed by atoms with Gasteiger partial charge in [0.2, 0.25) is 12.7 Å². The minimum atomic E-state index is -0.102. The third-order valence-corrected chi connectivity index (χ3v) is 6.00. The van der Waals surface area contributed by atoms with Crippen LogP contribution in [0.25, 0.3) is 5.65 Å². The Morgan fingerprint density at radius 1 is 1.10 bits per heavy atom. The van der Waals surface area contributed by atoms with Crippen LogP contribution in [0.3, 0.4) is 0 Å². The Bertz CT molecular complexity index is 1050. The summed E-state index contributed by atoms with van der Waals surface area (Å²) in [7, 11) is 0. The van der Waals surface area contributed by atoms with Gasteiger partial charge in [0, 0.05) is 37.3 Å². The zero-order valence-corrected chi connectivity index (χ0v) is 16.6. The van der Waals surface area contributed by atoms with E-state index in [0.717, 1.165) is 60.0 Å². The Balaban J connectivity index is 1.56. The number of piperidine rings is 1. The van der Waals surface area contributed by atoms with E-state index in [0.29, 0.717) is 6.42 Å². The first-order valence-electron chi connectivity index (χ1n) is 10.3. The van der Waals surface area contributed by atoms with Gasteiger partial charge in [-0.2, -0.15) is 0 Å². The number of hydrogen-bond acceptors (Lipinski definition) is 4. The molecule has 0 spiro atoms. The number of aromatic nitrogens is 2. The summed E-state index contributed by atoms with van der Waals surface area (Å²) in [5.41, 5.74) is 4.08. The number of fused-ring (bicyclic) bond motifs is 2. The van der Waals surface area contributed by atoms with Crippen molar-refractivity contribution in [3.8, 4) is 11.5 Å². The lowest BCUT2D eigenvalue weighted by atomic mass is 9.91. The second-order valence-electron chi connectivity index (χ2n) is 7.85. The molecule has 1 amide bonds. The van der Waals surface area contributed by atoms with E-state index in [1.54, 1.807) is 0 Å². The second kappa shape index (κ2) is 7.43. The monoisotopic (exact) mass is 391 g/mol. The van der Waals surface area contributed by atoms with Gasteiger partial charge >= 0.3 is 0 Å². The first-order chi connectivity index (χ1) is 14.2. The lowest BCUT2D eigenvalue weighted by Crippen LogP contribution is -2.36. The second-order valence-corrected chi connectivity index (χ2v) is 7.85. The van der Waals surface area contributed by atoms with Crippen LogP contribution in [0, 0.1) is 6.92 Å². The summed E-state index contributed by atoms with van der Waals surface area (Å²) >= 11 is 0. The molecule has 3 aromatic rings. The maximum Gasteiger partial charge on any atom is 0.231 e. The average Bonchev–Trinajstić information content (AvgIpc) is 3.39. The Morgan fingerprint density at radius 2 is 1.93 bits per heavy atom. The number of carbonyl (C=O) groups excluding carboxylic acids is 1. The molecule has 6 heteroatoms. The fraction of sp³-hybridized carbons (Fsp3) is 0.391. The van der Waals surface area contributed by atoms with Gasteiger partial charge in [0.1, 0.15) is 5.65 Å². The van der Waals surface area contributed by atoms with E-state index in [2.05, 4.69) is 22.4 Å². The van der Waals surface area contributed by atoms with Gasteiger partial charge in [-0.05, 0) is 56.0 Å². The SMILES string of the molecule is Cc1cccc2ncc(C(CC(=O)N3CCCCC3)c3ccc4c(c3)OCO4)n12. The van der Waals surface area contributed by atoms with Crippen LogP contribution in [0.15, 0.2) is 42.6 Å². The highest BCUT2D eigenvalue weighted by atomic mass is 16.7. The van der Waals surface area contributed by atoms with Crippen LogP contribution in [0.4, 0.5) is 0 Å². The van der Waals surface area contributed by atoms with E-state index in [-0.39, 0.29) is 18.6 Å². The molecular formula is C23H25N3O3. The van der Waals surface area contributed by atoms with Crippen LogP contribution in [-0.4, -0.2) is 40.1 Å². The molecule has 2 aliphatic rings. The fourth-order valence-electron chi connectivity index (χ4n) is 4.45. The number of carbonyl (C=O) groups is 1. The van der Waals surface area contributed by atoms with Gasteiger partial charge in [0.25, 0.3) is 0 Å². The molecule has 4 heterocycles. The topological polar surface area (TPSA) is 56.1 Å². The number of aryl methyl sites for hydroxylation is 1. The lowest BCUT2D eigenvalue weighted by molar-refractivity contribution is -0.132. The number of likely N-dealkylation sites (tertiary alicyclic amines) is 1. The molecule has 1 saturated heterocycles. The van der Waals surface area contributed by atoms with E-state index in [9.17, 15) is 4.79 Å². The quantitative estimate of drug-likeness (QED) is 0.677. The van der Waals surface area contributed by atoms with E-state index in [1.807, 2.05) is 41.4 Å². The fourth-order valence-corrected chi connectivity index (χ4v) is 4.45. The summed E-state index contributed by atoms with van der Waals surface area (Å²) in [5.74, 6) is 1.60. The molecule has 0 N–H and O–H groups in total. The van der Waals surface area contributed by atoms with E-state index in [1.165, 1.54) is 6.42 Å². The summed E-state index contributed by atoms with van der Waals surface area (Å²) in [6.07, 6.45) is 5.72. The molecular weight excluding hydrogens is 366 g/mol. The summed E-state index contributed by atoms with van der Waals surface area (Å²) in [6, 6.07) is 12.1. The molecule has 0 aliphatic carbocycles. The van der Waals surface area contributed by atoms with Gasteiger partial charge in [-0.3, -0.25) is 4.79 Å². The maximum atomic E-state index is 13.2. The van der Waals surface area contributed by atoms with Crippen molar-refractivity contribution < 1.29 is 14.3 Å². The molecule has 150 valence electrons. The summed E-state index contributed by atoms with van der Waals surface area (Å²) < 4.78 is 13.2. The third kappa shape index (κ3) is 3.33. The molecule has 5 rings (SSSR count). The molecule has 0 bridgehead atoms. The third-order valence-electron chi connectivity index (χ3n) is 6.00. The Hall–Kier alpha value is -3.02. The zero-order valence-electron chi connectivity index (χ0n) is 16.6. The van der Waals surface area contributed by atoms with Crippen molar-refractivity contribution in [2.24, 2.45) is 0 Å². The average molecular weight is 391 g/mol. The predicted molar refractivity (Wildman–Crippen MR) is 109 cm³/mol. The summed E-state index contributed by atoms with van der Waals surface area (Å²) in [4.78, 5) is 19.8. The summed E-state index contributed by atoms with van der Waals surface area (Å²) in [5, 5.41) is 0. The number of nitrogens with zero attached hydrogens (tertiary/aromatic N) is 3. The first kappa shape index (κ1) is 18.0. The highest BCUT2D eigenvalue weighted by molar-refractivity contribution is 5.78. The van der Waals surface area contributed by atoms with Crippen molar-refractivity contribution in [1.29, 1.82) is 0 Å². The van der Waals surface area contributed by atoms with Crippen molar-refractivity contribution in [2.45, 2.75) is 38.5 Å². The van der Waals surface area contributed by atoms with E-state index >= 15 is 0 Å². The van der Waals surface area contributed by atoms with Crippen molar-refractivity contribution in [3.63, 3.8) is 0 Å². The standard InChI is InChI=1S/C23H25N3O3/c1-16-6-5-7-22-24-14-19(26(16)22)18(13-23(27)25-10-3-2-4-11-25)17-8-9-20-21(12-17)29-15-28-20/h5-9,12,14,18H,2-4,10-11,13,15H2,1H3. The van der Waals surface area contributed by atoms with Crippen LogP contribution >= 0.6 is 0 Å². The molecule has 2 aliphatic heterocycles. The molecule has 1 aromatic carbocycles. The smallest absolute Gasteiger partial charge is 0.231 e. The molecule has 6 nitrogen and oxygen atoms in total. The van der Waals surface area contributed by atoms with E-state index in [4.69, 9.17) is 9.47 Å². The highest BCUT2D eigenvalue weighted by Crippen LogP contribution is 2.38. The van der Waals surface area contributed by atoms with Crippen LogP contribution in [-0.2, 0) is 4.79 Å². The minimum Gasteiger partial charge on any atom is -0.454 e. The number of benzene rings is 1. The Labute approximate surface area is 170 Å². The molecule has 1 fully saturated rings. The maximum absolute atomic E-state index is 13.2. The Morgan fingerprint density at radius 3 is 2.79 bits per heavy atom. The van der Waals surface area contributed by atoms with Crippen LogP contribution in [0.1, 0.15) is 48.6 Å². The molecule has 2 aromatic heterocycles. The lowest BCUT2D eigenvalue weighted by Gasteiger charge is -2.28. The van der Waals surface area contributed by atoms with Crippen molar-refractivity contribution in [3.05, 3.63) is 59.5 Å². The van der Waals surface area contributed by atoms with Crippen LogP contribution < -0.4 is 9.47 Å². The van der Waals surface area contributed by atoms with Gasteiger partial charge in [-0.1, -0.05) is 12.1 Å². The zero-order chi connectivity index (χ0) is 19.8. The number of ether oxygens (including phenoxy) is 2. The minimum absolute atomic E-state index is 0.102. The normalized spacial score (nSPS) is 16.9. The van der Waals surface area contributed by atoms with Crippen molar-refractivity contribution in [1.82, 2.24) is 14.3 Å². The number of rotatable bonds is 4. The molecule has 1 unspecified atom stereocenters.